The van der Waals surface area contributed by atoms with Gasteiger partial charge in [-0.1, -0.05) is 12.1 Å². The van der Waals surface area contributed by atoms with E-state index in [0.717, 1.165) is 25.3 Å². The summed E-state index contributed by atoms with van der Waals surface area (Å²) in [6.45, 7) is 5.21. The molecular formula is C19H24N4O2. The van der Waals surface area contributed by atoms with E-state index in [0.29, 0.717) is 18.5 Å². The average Bonchev–Trinajstić information content (AvgIpc) is 2.62. The highest BCUT2D eigenvalue weighted by Crippen LogP contribution is 2.20. The van der Waals surface area contributed by atoms with Gasteiger partial charge in [-0.05, 0) is 43.1 Å². The predicted molar refractivity (Wildman–Crippen MR) is 96.3 cm³/mol. The van der Waals surface area contributed by atoms with Crippen LogP contribution in [0.4, 0.5) is 5.69 Å². The van der Waals surface area contributed by atoms with Crippen molar-refractivity contribution in [2.75, 3.05) is 25.0 Å². The van der Waals surface area contributed by atoms with Crippen molar-refractivity contribution in [3.8, 4) is 6.01 Å². The minimum absolute atomic E-state index is 0.0472. The van der Waals surface area contributed by atoms with Crippen LogP contribution in [0.1, 0.15) is 25.3 Å². The van der Waals surface area contributed by atoms with Crippen LogP contribution in [-0.2, 0) is 11.3 Å². The fraction of sp³-hybridized carbons (Fsp3) is 0.421. The van der Waals surface area contributed by atoms with Crippen LogP contribution in [0, 0.1) is 5.92 Å². The first-order chi connectivity index (χ1) is 12.2. The number of hydrogen-bond donors (Lipinski definition) is 1. The Balaban J connectivity index is 1.48. The standard InChI is InChI=1S/C19H24N4O2/c1-15(24)22-18-7-5-16(6-8-18)12-23-11-2-4-17(13-23)14-25-19-20-9-3-10-21-19/h3,5-10,17H,2,4,11-14H2,1H3,(H,22,24). The number of anilines is 1. The van der Waals surface area contributed by atoms with Crippen molar-refractivity contribution in [1.29, 1.82) is 0 Å². The van der Waals surface area contributed by atoms with Gasteiger partial charge in [-0.15, -0.1) is 0 Å². The Morgan fingerprint density at radius 3 is 2.76 bits per heavy atom. The van der Waals surface area contributed by atoms with Crippen molar-refractivity contribution >= 4 is 11.6 Å². The van der Waals surface area contributed by atoms with Crippen LogP contribution < -0.4 is 10.1 Å². The zero-order valence-corrected chi connectivity index (χ0v) is 14.5. The van der Waals surface area contributed by atoms with Crippen LogP contribution in [0.5, 0.6) is 6.01 Å². The number of aromatic nitrogens is 2. The van der Waals surface area contributed by atoms with Crippen LogP contribution in [0.15, 0.2) is 42.7 Å². The van der Waals surface area contributed by atoms with Crippen LogP contribution in [0.25, 0.3) is 0 Å². The maximum absolute atomic E-state index is 11.1. The van der Waals surface area contributed by atoms with Gasteiger partial charge >= 0.3 is 6.01 Å². The maximum atomic E-state index is 11.1. The second kappa shape index (κ2) is 8.58. The minimum Gasteiger partial charge on any atom is -0.463 e. The van der Waals surface area contributed by atoms with Crippen LogP contribution >= 0.6 is 0 Å². The molecule has 1 atom stereocenters. The van der Waals surface area contributed by atoms with Gasteiger partial charge in [0.15, 0.2) is 0 Å². The summed E-state index contributed by atoms with van der Waals surface area (Å²) in [7, 11) is 0. The summed E-state index contributed by atoms with van der Waals surface area (Å²) in [5, 5.41) is 2.79. The summed E-state index contributed by atoms with van der Waals surface area (Å²) in [6, 6.07) is 10.3. The van der Waals surface area contributed by atoms with E-state index >= 15 is 0 Å². The Hall–Kier alpha value is -2.47. The van der Waals surface area contributed by atoms with Gasteiger partial charge in [0.1, 0.15) is 0 Å². The van der Waals surface area contributed by atoms with E-state index in [2.05, 4.69) is 32.3 Å². The summed E-state index contributed by atoms with van der Waals surface area (Å²) in [5.74, 6) is 0.449. The third-order valence-corrected chi connectivity index (χ3v) is 4.27. The summed E-state index contributed by atoms with van der Waals surface area (Å²) in [6.07, 6.45) is 5.73. The van der Waals surface area contributed by atoms with Gasteiger partial charge in [0.05, 0.1) is 6.61 Å². The van der Waals surface area contributed by atoms with Crippen LogP contribution in [0.3, 0.4) is 0 Å². The van der Waals surface area contributed by atoms with E-state index in [-0.39, 0.29) is 5.91 Å². The first-order valence-corrected chi connectivity index (χ1v) is 8.68. The number of carbonyl (C=O) groups excluding carboxylic acids is 1. The fourth-order valence-corrected chi connectivity index (χ4v) is 3.14. The lowest BCUT2D eigenvalue weighted by Gasteiger charge is -2.32. The Labute approximate surface area is 148 Å². The van der Waals surface area contributed by atoms with E-state index in [1.54, 1.807) is 18.5 Å². The Morgan fingerprint density at radius 1 is 1.28 bits per heavy atom. The quantitative estimate of drug-likeness (QED) is 0.876. The van der Waals surface area contributed by atoms with Crippen LogP contribution in [-0.4, -0.2) is 40.5 Å². The van der Waals surface area contributed by atoms with Crippen molar-refractivity contribution in [2.24, 2.45) is 5.92 Å². The number of carbonyl (C=O) groups is 1. The number of amides is 1. The SMILES string of the molecule is CC(=O)Nc1ccc(CN2CCCC(COc3ncccn3)C2)cc1. The van der Waals surface area contributed by atoms with Gasteiger partial charge in [0.25, 0.3) is 0 Å². The number of rotatable bonds is 6. The molecule has 0 aliphatic carbocycles. The highest BCUT2D eigenvalue weighted by molar-refractivity contribution is 5.88. The Morgan fingerprint density at radius 2 is 2.04 bits per heavy atom. The number of benzene rings is 1. The van der Waals surface area contributed by atoms with E-state index in [4.69, 9.17) is 4.74 Å². The van der Waals surface area contributed by atoms with E-state index in [9.17, 15) is 4.79 Å². The monoisotopic (exact) mass is 340 g/mol. The first-order valence-electron chi connectivity index (χ1n) is 8.68. The molecule has 0 spiro atoms. The lowest BCUT2D eigenvalue weighted by Crippen LogP contribution is -2.37. The smallest absolute Gasteiger partial charge is 0.316 e. The molecule has 1 amide bonds. The molecule has 1 aliphatic rings. The topological polar surface area (TPSA) is 67.4 Å². The van der Waals surface area contributed by atoms with Gasteiger partial charge in [0.2, 0.25) is 5.91 Å². The van der Waals surface area contributed by atoms with Gasteiger partial charge in [-0.25, -0.2) is 9.97 Å². The molecule has 1 fully saturated rings. The molecule has 1 unspecified atom stereocenters. The van der Waals surface area contributed by atoms with E-state index < -0.39 is 0 Å². The number of ether oxygens (including phenoxy) is 1. The molecule has 1 saturated heterocycles. The molecule has 2 heterocycles. The Bertz CT molecular complexity index is 676. The predicted octanol–water partition coefficient (Wildman–Crippen LogP) is 2.73. The summed E-state index contributed by atoms with van der Waals surface area (Å²) >= 11 is 0. The molecule has 132 valence electrons. The molecule has 25 heavy (non-hydrogen) atoms. The average molecular weight is 340 g/mol. The molecule has 6 heteroatoms. The largest absolute Gasteiger partial charge is 0.463 e. The lowest BCUT2D eigenvalue weighted by atomic mass is 9.98. The van der Waals surface area contributed by atoms with Crippen molar-refractivity contribution in [1.82, 2.24) is 14.9 Å². The number of hydrogen-bond acceptors (Lipinski definition) is 5. The van der Waals surface area contributed by atoms with Crippen molar-refractivity contribution in [3.05, 3.63) is 48.3 Å². The summed E-state index contributed by atoms with van der Waals surface area (Å²) in [4.78, 5) is 21.7. The molecule has 1 N–H and O–H groups in total. The number of piperidine rings is 1. The molecule has 0 bridgehead atoms. The van der Waals surface area contributed by atoms with Crippen molar-refractivity contribution < 1.29 is 9.53 Å². The lowest BCUT2D eigenvalue weighted by molar-refractivity contribution is -0.114. The summed E-state index contributed by atoms with van der Waals surface area (Å²) < 4.78 is 5.71. The minimum atomic E-state index is -0.0472. The molecular weight excluding hydrogens is 316 g/mol. The van der Waals surface area contributed by atoms with Crippen LogP contribution in [0.2, 0.25) is 0 Å². The van der Waals surface area contributed by atoms with Crippen molar-refractivity contribution in [2.45, 2.75) is 26.3 Å². The normalized spacial score (nSPS) is 17.9. The van der Waals surface area contributed by atoms with Gasteiger partial charge in [-0.2, -0.15) is 0 Å². The second-order valence-electron chi connectivity index (χ2n) is 6.46. The molecule has 1 aromatic heterocycles. The first kappa shape index (κ1) is 17.4. The highest BCUT2D eigenvalue weighted by atomic mass is 16.5. The maximum Gasteiger partial charge on any atom is 0.316 e. The van der Waals surface area contributed by atoms with E-state index in [1.807, 2.05) is 12.1 Å². The number of nitrogens with zero attached hydrogens (tertiary/aromatic N) is 3. The van der Waals surface area contributed by atoms with Gasteiger partial charge in [-0.3, -0.25) is 9.69 Å². The Kier molecular flexibility index (Phi) is 5.95. The molecule has 2 aromatic rings. The zero-order valence-electron chi connectivity index (χ0n) is 14.5. The molecule has 0 saturated carbocycles. The van der Waals surface area contributed by atoms with Gasteiger partial charge < -0.3 is 10.1 Å². The molecule has 3 rings (SSSR count). The second-order valence-corrected chi connectivity index (χ2v) is 6.46. The highest BCUT2D eigenvalue weighted by Gasteiger charge is 2.20. The molecule has 1 aliphatic heterocycles. The summed E-state index contributed by atoms with van der Waals surface area (Å²) in [5.41, 5.74) is 2.09. The van der Waals surface area contributed by atoms with Crippen molar-refractivity contribution in [3.63, 3.8) is 0 Å². The number of nitrogens with one attached hydrogen (secondary N) is 1. The van der Waals surface area contributed by atoms with Gasteiger partial charge in [0, 0.05) is 44.0 Å². The number of likely N-dealkylation sites (tertiary alicyclic amines) is 1. The zero-order chi connectivity index (χ0) is 17.5. The molecule has 0 radical (unpaired) electrons. The fourth-order valence-electron chi connectivity index (χ4n) is 3.14. The third-order valence-electron chi connectivity index (χ3n) is 4.27. The molecule has 1 aromatic carbocycles. The third kappa shape index (κ3) is 5.53. The molecule has 6 nitrogen and oxygen atoms in total. The van der Waals surface area contributed by atoms with E-state index in [1.165, 1.54) is 25.3 Å².